The molecule has 2 heterocycles. The van der Waals surface area contributed by atoms with Crippen molar-refractivity contribution in [3.8, 4) is 11.1 Å². The summed E-state index contributed by atoms with van der Waals surface area (Å²) in [7, 11) is 0. The van der Waals surface area contributed by atoms with E-state index in [0.717, 1.165) is 24.2 Å². The molecule has 1 saturated heterocycles. The molecular formula is C21H27N2O3S+. The van der Waals surface area contributed by atoms with Crippen molar-refractivity contribution in [2.24, 2.45) is 0 Å². The summed E-state index contributed by atoms with van der Waals surface area (Å²) >= 11 is 1.38. The van der Waals surface area contributed by atoms with Gasteiger partial charge in [-0.3, -0.25) is 4.79 Å². The molecule has 0 spiro atoms. The molecule has 0 unspecified atom stereocenters. The summed E-state index contributed by atoms with van der Waals surface area (Å²) in [5.41, 5.74) is 2.19. The number of benzene rings is 1. The van der Waals surface area contributed by atoms with Crippen LogP contribution in [0.25, 0.3) is 11.1 Å². The van der Waals surface area contributed by atoms with E-state index in [1.54, 1.807) is 6.92 Å². The summed E-state index contributed by atoms with van der Waals surface area (Å²) in [6.07, 6.45) is 4.86. The molecular weight excluding hydrogens is 360 g/mol. The number of likely N-dealkylation sites (tertiary alicyclic amines) is 1. The number of anilines is 1. The average molecular weight is 388 g/mol. The van der Waals surface area contributed by atoms with Gasteiger partial charge >= 0.3 is 5.97 Å². The molecule has 27 heavy (non-hydrogen) atoms. The van der Waals surface area contributed by atoms with E-state index in [9.17, 15) is 9.59 Å². The summed E-state index contributed by atoms with van der Waals surface area (Å²) in [5, 5.41) is 5.45. The fourth-order valence-electron chi connectivity index (χ4n) is 3.49. The first-order chi connectivity index (χ1) is 13.2. The number of esters is 1. The van der Waals surface area contributed by atoms with Crippen LogP contribution in [0.5, 0.6) is 0 Å². The van der Waals surface area contributed by atoms with Gasteiger partial charge in [0.25, 0.3) is 5.91 Å². The molecule has 2 aromatic rings. The van der Waals surface area contributed by atoms with Crippen LogP contribution in [-0.2, 0) is 9.53 Å². The fraction of sp³-hybridized carbons (Fsp3) is 0.429. The molecule has 1 aromatic carbocycles. The SMILES string of the molecule is CCOC(=O)c1c(-c2ccccc2)csc1NC(=O)C[NH+]1CCCCCC1. The normalized spacial score (nSPS) is 15.1. The largest absolute Gasteiger partial charge is 0.462 e. The average Bonchev–Trinajstić information content (AvgIpc) is 2.91. The molecule has 1 aliphatic heterocycles. The van der Waals surface area contributed by atoms with E-state index in [0.29, 0.717) is 23.7 Å². The smallest absolute Gasteiger partial charge is 0.341 e. The standard InChI is InChI=1S/C21H26N2O3S/c1-2-26-21(25)19-17(16-10-6-5-7-11-16)15-27-20(19)22-18(24)14-23-12-8-3-4-9-13-23/h5-7,10-11,15H,2-4,8-9,12-14H2,1H3,(H,22,24)/p+1. The van der Waals surface area contributed by atoms with E-state index >= 15 is 0 Å². The predicted octanol–water partition coefficient (Wildman–Crippen LogP) is 2.99. The Labute approximate surface area is 164 Å². The molecule has 144 valence electrons. The van der Waals surface area contributed by atoms with Gasteiger partial charge in [-0.25, -0.2) is 4.79 Å². The Morgan fingerprint density at radius 3 is 2.48 bits per heavy atom. The van der Waals surface area contributed by atoms with Gasteiger partial charge in [-0.15, -0.1) is 11.3 Å². The zero-order valence-corrected chi connectivity index (χ0v) is 16.6. The molecule has 1 fully saturated rings. The number of rotatable bonds is 6. The molecule has 0 saturated carbocycles. The minimum Gasteiger partial charge on any atom is -0.462 e. The van der Waals surface area contributed by atoms with Crippen molar-refractivity contribution in [3.05, 3.63) is 41.3 Å². The molecule has 0 bridgehead atoms. The van der Waals surface area contributed by atoms with Gasteiger partial charge in [-0.1, -0.05) is 30.3 Å². The highest BCUT2D eigenvalue weighted by Gasteiger charge is 2.24. The number of hydrogen-bond donors (Lipinski definition) is 2. The number of thiophene rings is 1. The van der Waals surface area contributed by atoms with Crippen LogP contribution in [0, 0.1) is 0 Å². The second-order valence-electron chi connectivity index (χ2n) is 6.83. The second-order valence-corrected chi connectivity index (χ2v) is 7.71. The van der Waals surface area contributed by atoms with Crippen molar-refractivity contribution < 1.29 is 19.2 Å². The molecule has 0 atom stereocenters. The molecule has 6 heteroatoms. The third-order valence-corrected chi connectivity index (χ3v) is 5.72. The van der Waals surface area contributed by atoms with Crippen LogP contribution in [-0.4, -0.2) is 38.1 Å². The number of hydrogen-bond acceptors (Lipinski definition) is 4. The van der Waals surface area contributed by atoms with Crippen molar-refractivity contribution in [2.45, 2.75) is 32.6 Å². The first-order valence-electron chi connectivity index (χ1n) is 9.66. The van der Waals surface area contributed by atoms with Crippen LogP contribution in [0.2, 0.25) is 0 Å². The van der Waals surface area contributed by atoms with E-state index in [4.69, 9.17) is 4.74 Å². The predicted molar refractivity (Wildman–Crippen MR) is 108 cm³/mol. The highest BCUT2D eigenvalue weighted by atomic mass is 32.1. The highest BCUT2D eigenvalue weighted by molar-refractivity contribution is 7.15. The first kappa shape index (κ1) is 19.6. The molecule has 0 radical (unpaired) electrons. The van der Waals surface area contributed by atoms with Crippen molar-refractivity contribution in [3.63, 3.8) is 0 Å². The van der Waals surface area contributed by atoms with E-state index in [1.165, 1.54) is 41.9 Å². The third-order valence-electron chi connectivity index (χ3n) is 4.83. The zero-order valence-electron chi connectivity index (χ0n) is 15.8. The van der Waals surface area contributed by atoms with Gasteiger partial charge in [0.05, 0.1) is 19.7 Å². The van der Waals surface area contributed by atoms with Gasteiger partial charge in [0.2, 0.25) is 0 Å². The Morgan fingerprint density at radius 1 is 1.11 bits per heavy atom. The van der Waals surface area contributed by atoms with E-state index in [1.807, 2.05) is 35.7 Å². The lowest BCUT2D eigenvalue weighted by atomic mass is 10.0. The zero-order chi connectivity index (χ0) is 19.1. The van der Waals surface area contributed by atoms with E-state index < -0.39 is 5.97 Å². The molecule has 2 N–H and O–H groups in total. The van der Waals surface area contributed by atoms with Gasteiger partial charge in [0, 0.05) is 10.9 Å². The number of nitrogens with one attached hydrogen (secondary N) is 2. The minimum absolute atomic E-state index is 0.0427. The van der Waals surface area contributed by atoms with Gasteiger partial charge in [-0.2, -0.15) is 0 Å². The Bertz CT molecular complexity index is 765. The van der Waals surface area contributed by atoms with Crippen molar-refractivity contribution in [1.82, 2.24) is 0 Å². The summed E-state index contributed by atoms with van der Waals surface area (Å²) in [4.78, 5) is 26.5. The van der Waals surface area contributed by atoms with Crippen LogP contribution >= 0.6 is 11.3 Å². The van der Waals surface area contributed by atoms with Crippen molar-refractivity contribution >= 4 is 28.2 Å². The van der Waals surface area contributed by atoms with Gasteiger partial charge in [-0.05, 0) is 38.2 Å². The minimum atomic E-state index is -0.393. The van der Waals surface area contributed by atoms with Gasteiger partial charge < -0.3 is 15.0 Å². The first-order valence-corrected chi connectivity index (χ1v) is 10.5. The number of carbonyl (C=O) groups is 2. The molecule has 1 amide bonds. The highest BCUT2D eigenvalue weighted by Crippen LogP contribution is 2.36. The summed E-state index contributed by atoms with van der Waals surface area (Å²) < 4.78 is 5.25. The Kier molecular flexibility index (Phi) is 7.01. The maximum absolute atomic E-state index is 12.6. The van der Waals surface area contributed by atoms with Crippen LogP contribution in [0.4, 0.5) is 5.00 Å². The van der Waals surface area contributed by atoms with Crippen molar-refractivity contribution in [1.29, 1.82) is 0 Å². The number of amides is 1. The fourth-order valence-corrected chi connectivity index (χ4v) is 4.46. The van der Waals surface area contributed by atoms with Crippen LogP contribution in [0.1, 0.15) is 43.0 Å². The maximum atomic E-state index is 12.6. The summed E-state index contributed by atoms with van der Waals surface area (Å²) in [6, 6.07) is 9.72. The number of ether oxygens (including phenoxy) is 1. The quantitative estimate of drug-likeness (QED) is 0.749. The monoisotopic (exact) mass is 387 g/mol. The van der Waals surface area contributed by atoms with Crippen LogP contribution in [0.15, 0.2) is 35.7 Å². The Hall–Kier alpha value is -2.18. The Morgan fingerprint density at radius 2 is 1.81 bits per heavy atom. The molecule has 1 aromatic heterocycles. The lowest BCUT2D eigenvalue weighted by Crippen LogP contribution is -3.12. The number of carbonyl (C=O) groups excluding carboxylic acids is 2. The molecule has 3 rings (SSSR count). The molecule has 1 aliphatic rings. The van der Waals surface area contributed by atoms with Crippen LogP contribution in [0.3, 0.4) is 0 Å². The second kappa shape index (κ2) is 9.67. The van der Waals surface area contributed by atoms with Crippen LogP contribution < -0.4 is 10.2 Å². The lowest BCUT2D eigenvalue weighted by Gasteiger charge is -2.16. The van der Waals surface area contributed by atoms with E-state index in [2.05, 4.69) is 5.32 Å². The molecule has 5 nitrogen and oxygen atoms in total. The third kappa shape index (κ3) is 5.17. The van der Waals surface area contributed by atoms with Gasteiger partial charge in [0.15, 0.2) is 6.54 Å². The molecule has 0 aliphatic carbocycles. The summed E-state index contributed by atoms with van der Waals surface area (Å²) in [6.45, 7) is 4.61. The lowest BCUT2D eigenvalue weighted by molar-refractivity contribution is -0.890. The van der Waals surface area contributed by atoms with E-state index in [-0.39, 0.29) is 5.91 Å². The van der Waals surface area contributed by atoms with Gasteiger partial charge in [0.1, 0.15) is 10.6 Å². The maximum Gasteiger partial charge on any atom is 0.341 e. The topological polar surface area (TPSA) is 59.8 Å². The summed E-state index contributed by atoms with van der Waals surface area (Å²) in [5.74, 6) is -0.436. The Balaban J connectivity index is 1.79. The number of quaternary nitrogens is 1. The van der Waals surface area contributed by atoms with Crippen molar-refractivity contribution in [2.75, 3.05) is 31.6 Å².